The number of carbonyl (C=O) groups excluding carboxylic acids is 1. The number of esters is 1. The lowest BCUT2D eigenvalue weighted by Gasteiger charge is -2.64. The molecule has 0 aromatic carbocycles. The van der Waals surface area contributed by atoms with Crippen LogP contribution in [0.3, 0.4) is 0 Å². The lowest BCUT2D eigenvalue weighted by atomic mass is 9.40. The number of aliphatic hydroxyl groups excluding tert-OH is 8. The van der Waals surface area contributed by atoms with Crippen LogP contribution in [-0.4, -0.2) is 230 Å². The molecule has 0 radical (unpaired) electrons. The van der Waals surface area contributed by atoms with E-state index < -0.39 is 196 Å². The SMILES string of the molecule is CO[C@@H]1[C@@H](O)[C@H](O[C@@H]2[C@@H](O)[C@H](O[C@H]3[C@H](O)[C@@H](O)[C@H](O[C@H]4[C@H](O[C@H]5CC[C@]6(C)C7=C[C@@H](O)[C@]89C(=O)O[C@@](C)([C@@H]%10CCC(C)(C)O%10)[C@@]8(O)CC[C@@]9(C)[C@@H]7CC[C@H]6C5(C)C)OC[C@@H](OS(=O)(=O)O)[C@@H]4O)O[C@@H]3C)O[C@H](C)[C@H]2O)O[C@H](C)[C@H]1O. The van der Waals surface area contributed by atoms with Crippen molar-refractivity contribution in [2.45, 2.75) is 272 Å². The third kappa shape index (κ3) is 9.34. The first-order chi connectivity index (χ1) is 37.1. The fourth-order valence-corrected chi connectivity index (χ4v) is 17.3. The zero-order valence-electron chi connectivity index (χ0n) is 47.3. The van der Waals surface area contributed by atoms with Gasteiger partial charge in [-0.25, -0.2) is 4.18 Å². The zero-order valence-corrected chi connectivity index (χ0v) is 48.1. The smallest absolute Gasteiger partial charge is 0.397 e. The second-order valence-corrected chi connectivity index (χ2v) is 27.5. The van der Waals surface area contributed by atoms with E-state index in [9.17, 15) is 63.7 Å². The Morgan fingerprint density at radius 2 is 1.21 bits per heavy atom. The second-order valence-electron chi connectivity index (χ2n) is 26.5. The van der Waals surface area contributed by atoms with Crippen LogP contribution in [0.4, 0.5) is 0 Å². The molecule has 0 aromatic heterocycles. The largest absolute Gasteiger partial charge is 0.453 e. The van der Waals surface area contributed by atoms with E-state index in [4.69, 9.17) is 56.3 Å². The Morgan fingerprint density at radius 1 is 0.625 bits per heavy atom. The van der Waals surface area contributed by atoms with E-state index in [0.29, 0.717) is 38.5 Å². The lowest BCUT2D eigenvalue weighted by molar-refractivity contribution is -0.386. The molecule has 0 bridgehead atoms. The minimum atomic E-state index is -5.17. The quantitative estimate of drug-likeness (QED) is 0.0523. The summed E-state index contributed by atoms with van der Waals surface area (Å²) in [5, 5.41) is 105. The van der Waals surface area contributed by atoms with Crippen molar-refractivity contribution in [3.8, 4) is 0 Å². The number of rotatable bonds is 12. The van der Waals surface area contributed by atoms with Crippen LogP contribution in [-0.2, 0) is 71.5 Å². The Labute approximate surface area is 466 Å². The first kappa shape index (κ1) is 61.4. The molecule has 3 saturated carbocycles. The van der Waals surface area contributed by atoms with E-state index >= 15 is 0 Å². The molecule has 4 aliphatic carbocycles. The van der Waals surface area contributed by atoms with E-state index in [-0.39, 0.29) is 18.3 Å². The number of hydrogen-bond donors (Lipinski definition) is 10. The van der Waals surface area contributed by atoms with Crippen molar-refractivity contribution < 1.29 is 120 Å². The van der Waals surface area contributed by atoms with E-state index in [1.807, 2.05) is 40.7 Å². The van der Waals surface area contributed by atoms with Crippen LogP contribution in [0.15, 0.2) is 11.6 Å². The summed E-state index contributed by atoms with van der Waals surface area (Å²) in [6.45, 7) is 17.8. The molecule has 10 N–H and O–H groups in total. The van der Waals surface area contributed by atoms with Crippen LogP contribution in [0.5, 0.6) is 0 Å². The molecule has 0 unspecified atom stereocenters. The number of hydrogen-bond acceptors (Lipinski definition) is 24. The van der Waals surface area contributed by atoms with E-state index in [1.54, 1.807) is 6.92 Å². The Kier molecular flexibility index (Phi) is 16.1. The Hall–Kier alpha value is -1.68. The van der Waals surface area contributed by atoms with Crippen LogP contribution >= 0.6 is 0 Å². The molecule has 6 heterocycles. The topological polar surface area (TPSA) is 364 Å². The monoisotopic (exact) mass is 1170 g/mol. The molecule has 10 aliphatic rings. The summed E-state index contributed by atoms with van der Waals surface area (Å²) < 4.78 is 105. The van der Waals surface area contributed by atoms with Crippen LogP contribution < -0.4 is 0 Å². The molecule has 6 saturated heterocycles. The number of carbonyl (C=O) groups is 1. The third-order valence-corrected chi connectivity index (χ3v) is 21.8. The molecule has 10 rings (SSSR count). The number of methoxy groups -OCH3 is 1. The first-order valence-electron chi connectivity index (χ1n) is 28.3. The van der Waals surface area contributed by atoms with Gasteiger partial charge in [0.1, 0.15) is 90.4 Å². The summed E-state index contributed by atoms with van der Waals surface area (Å²) >= 11 is 0. The summed E-state index contributed by atoms with van der Waals surface area (Å²) in [5.74, 6) is -0.919. The van der Waals surface area contributed by atoms with Crippen molar-refractivity contribution in [3.63, 3.8) is 0 Å². The van der Waals surface area contributed by atoms with Crippen LogP contribution in [0, 0.1) is 33.5 Å². The molecule has 1 spiro atoms. The Balaban J connectivity index is 0.850. The van der Waals surface area contributed by atoms with Crippen molar-refractivity contribution in [1.29, 1.82) is 0 Å². The average Bonchev–Trinajstić information content (AvgIpc) is 3.95. The predicted molar refractivity (Wildman–Crippen MR) is 270 cm³/mol. The van der Waals surface area contributed by atoms with Gasteiger partial charge in [0, 0.05) is 7.11 Å². The molecular formula is C54H86O25S. The van der Waals surface area contributed by atoms with Gasteiger partial charge in [0.15, 0.2) is 30.8 Å². The highest BCUT2D eigenvalue weighted by Gasteiger charge is 2.87. The highest BCUT2D eigenvalue weighted by atomic mass is 32.3. The molecule has 0 amide bonds. The summed E-state index contributed by atoms with van der Waals surface area (Å²) in [7, 11) is -3.89. The second kappa shape index (κ2) is 21.0. The van der Waals surface area contributed by atoms with Crippen molar-refractivity contribution in [2.24, 2.45) is 33.5 Å². The number of aliphatic hydroxyl groups is 9. The average molecular weight is 1170 g/mol. The first-order valence-corrected chi connectivity index (χ1v) is 29.7. The standard InChI is InChI=1S/C54H86O25S/c1-22-32(56)40(68-11)37(61)44(70-22)75-41-33(57)23(2)71-45(38(41)62)74-39-24(3)72-43(36(60)35(39)59)76-42-34(58)27(79-80(65,66)67)21-69-46(42)73-30-15-17-50(8)26-20-29(55)54-47(63)78-52(10,31-14-16-48(4,5)77-31)53(54,64)19-18-51(54,9)25(26)12-13-28(50)49(30,6)7/h20,22-25,27-46,55-62,64H,12-19,21H2,1-11H3,(H,65,66,67)/t22-,23-,24-,25-,27-,28+,29-,30+,31+,32-,33-,34+,35-,36-,37-,38-,39-,40+,41+,42-,43+,44+,45+,46+,50-,51+,52+,53+,54-/m1/s1. The summed E-state index contributed by atoms with van der Waals surface area (Å²) in [6, 6.07) is 0. The van der Waals surface area contributed by atoms with Crippen molar-refractivity contribution in [1.82, 2.24) is 0 Å². The maximum Gasteiger partial charge on any atom is 0.397 e. The number of ether oxygens (including phenoxy) is 11. The van der Waals surface area contributed by atoms with Gasteiger partial charge in [-0.2, -0.15) is 8.42 Å². The molecule has 9 fully saturated rings. The van der Waals surface area contributed by atoms with Crippen LogP contribution in [0.25, 0.3) is 0 Å². The van der Waals surface area contributed by atoms with Gasteiger partial charge in [-0.15, -0.1) is 0 Å². The Bertz CT molecular complexity index is 2450. The fourth-order valence-electron chi connectivity index (χ4n) is 16.9. The molecule has 29 atom stereocenters. The number of allylic oxidation sites excluding steroid dienone is 1. The van der Waals surface area contributed by atoms with Gasteiger partial charge in [-0.1, -0.05) is 39.3 Å². The van der Waals surface area contributed by atoms with Gasteiger partial charge in [-0.05, 0) is 121 Å². The van der Waals surface area contributed by atoms with Gasteiger partial charge < -0.3 is 98.1 Å². The molecule has 26 heteroatoms. The van der Waals surface area contributed by atoms with Crippen LogP contribution in [0.2, 0.25) is 0 Å². The zero-order chi connectivity index (χ0) is 58.6. The summed E-state index contributed by atoms with van der Waals surface area (Å²) in [5.41, 5.74) is -6.36. The van der Waals surface area contributed by atoms with Crippen molar-refractivity contribution in [3.05, 3.63) is 11.6 Å². The van der Waals surface area contributed by atoms with E-state index in [0.717, 1.165) is 12.0 Å². The van der Waals surface area contributed by atoms with Crippen molar-refractivity contribution >= 4 is 16.4 Å². The summed E-state index contributed by atoms with van der Waals surface area (Å²) in [6.07, 6.45) is -25.6. The van der Waals surface area contributed by atoms with Gasteiger partial charge in [0.2, 0.25) is 0 Å². The Morgan fingerprint density at radius 3 is 1.82 bits per heavy atom. The molecule has 0 aromatic rings. The van der Waals surface area contributed by atoms with E-state index in [1.165, 1.54) is 27.9 Å². The minimum Gasteiger partial charge on any atom is -0.453 e. The number of fused-ring (bicyclic) bond motifs is 4. The molecule has 6 aliphatic heterocycles. The highest BCUT2D eigenvalue weighted by molar-refractivity contribution is 7.80. The lowest BCUT2D eigenvalue weighted by Crippen LogP contribution is -2.69. The molecule has 458 valence electrons. The molecule has 80 heavy (non-hydrogen) atoms. The molecule has 25 nitrogen and oxygen atoms in total. The minimum absolute atomic E-state index is 0.107. The maximum absolute atomic E-state index is 14.7. The third-order valence-electron chi connectivity index (χ3n) is 21.3. The highest BCUT2D eigenvalue weighted by Crippen LogP contribution is 2.77. The summed E-state index contributed by atoms with van der Waals surface area (Å²) in [4.78, 5) is 14.7. The normalized spacial score (nSPS) is 54.7. The molecular weight excluding hydrogens is 1080 g/mol. The maximum atomic E-state index is 14.7. The van der Waals surface area contributed by atoms with Crippen molar-refractivity contribution in [2.75, 3.05) is 13.7 Å². The van der Waals surface area contributed by atoms with Crippen LogP contribution in [0.1, 0.15) is 121 Å². The number of cyclic esters (lactones) is 1. The van der Waals surface area contributed by atoms with E-state index in [2.05, 4.69) is 6.92 Å². The van der Waals surface area contributed by atoms with Gasteiger partial charge in [0.25, 0.3) is 0 Å². The predicted octanol–water partition coefficient (Wildman–Crippen LogP) is -0.209. The van der Waals surface area contributed by atoms with Gasteiger partial charge in [0.05, 0.1) is 42.7 Å². The van der Waals surface area contributed by atoms with Gasteiger partial charge >= 0.3 is 16.4 Å². The fraction of sp³-hybridized carbons (Fsp3) is 0.944. The van der Waals surface area contributed by atoms with Gasteiger partial charge in [-0.3, -0.25) is 9.35 Å².